The van der Waals surface area contributed by atoms with Crippen LogP contribution in [0.5, 0.6) is 0 Å². The van der Waals surface area contributed by atoms with Crippen molar-refractivity contribution in [2.45, 2.75) is 51.4 Å². The van der Waals surface area contributed by atoms with E-state index in [1.165, 1.54) is 20.8 Å². The second kappa shape index (κ2) is 9.97. The number of fused-ring (bicyclic) bond motifs is 3. The first-order chi connectivity index (χ1) is 16.3. The van der Waals surface area contributed by atoms with Crippen molar-refractivity contribution < 1.29 is 37.4 Å². The topological polar surface area (TPSA) is 105 Å². The Balaban J connectivity index is 1.66. The number of nitrogens with one attached hydrogen (secondary N) is 2. The number of ether oxygens (including phenoxy) is 1. The Morgan fingerprint density at radius 1 is 0.943 bits per heavy atom. The van der Waals surface area contributed by atoms with Gasteiger partial charge < -0.3 is 20.5 Å². The monoisotopic (exact) mass is 492 g/mol. The van der Waals surface area contributed by atoms with E-state index in [1.807, 2.05) is 48.5 Å². The van der Waals surface area contributed by atoms with E-state index in [4.69, 9.17) is 4.74 Å². The molecular weight excluding hydrogens is 465 g/mol. The van der Waals surface area contributed by atoms with E-state index < -0.39 is 48.1 Å². The number of halogens is 3. The number of benzene rings is 2. The molecule has 0 aliphatic heterocycles. The highest BCUT2D eigenvalue weighted by Crippen LogP contribution is 2.44. The Morgan fingerprint density at radius 2 is 1.46 bits per heavy atom. The summed E-state index contributed by atoms with van der Waals surface area (Å²) in [7, 11) is 0. The number of amides is 2. The van der Waals surface area contributed by atoms with Crippen LogP contribution in [0.15, 0.2) is 48.5 Å². The number of carboxylic acid groups (broad SMARTS) is 1. The van der Waals surface area contributed by atoms with Gasteiger partial charge in [0.25, 0.3) is 0 Å². The molecule has 2 atom stereocenters. The number of carboxylic acids is 1. The van der Waals surface area contributed by atoms with Gasteiger partial charge in [0, 0.05) is 5.92 Å². The summed E-state index contributed by atoms with van der Waals surface area (Å²) in [4.78, 5) is 35.9. The highest BCUT2D eigenvalue weighted by Gasteiger charge is 2.43. The Hall–Kier alpha value is -3.56. The SMILES string of the molecule is CC(C)(C)[C@H](NC(=O)CC(NC(=O)OCC1c2ccccc2-c2ccccc21)C(F)(F)F)C(=O)O. The Bertz CT molecular complexity index is 1070. The number of aliphatic carboxylic acids is 1. The highest BCUT2D eigenvalue weighted by atomic mass is 19.4. The molecule has 3 rings (SSSR count). The maximum Gasteiger partial charge on any atom is 0.409 e. The van der Waals surface area contributed by atoms with Gasteiger partial charge in [-0.25, -0.2) is 9.59 Å². The summed E-state index contributed by atoms with van der Waals surface area (Å²) >= 11 is 0. The summed E-state index contributed by atoms with van der Waals surface area (Å²) in [5, 5.41) is 13.1. The molecule has 35 heavy (non-hydrogen) atoms. The van der Waals surface area contributed by atoms with E-state index in [0.717, 1.165) is 22.3 Å². The van der Waals surface area contributed by atoms with Gasteiger partial charge in [0.2, 0.25) is 5.91 Å². The summed E-state index contributed by atoms with van der Waals surface area (Å²) in [5.74, 6) is -2.88. The molecule has 1 aliphatic carbocycles. The van der Waals surface area contributed by atoms with Gasteiger partial charge in [0.05, 0.1) is 6.42 Å². The average molecular weight is 492 g/mol. The molecular formula is C25H27F3N2O5. The molecule has 0 bridgehead atoms. The lowest BCUT2D eigenvalue weighted by atomic mass is 9.86. The molecule has 0 fully saturated rings. The fourth-order valence-electron chi connectivity index (χ4n) is 4.08. The van der Waals surface area contributed by atoms with Crippen LogP contribution in [0.1, 0.15) is 44.2 Å². The van der Waals surface area contributed by atoms with E-state index in [2.05, 4.69) is 5.32 Å². The Labute approximate surface area is 200 Å². The molecule has 0 saturated heterocycles. The molecule has 2 aromatic rings. The highest BCUT2D eigenvalue weighted by molar-refractivity contribution is 5.85. The molecule has 1 unspecified atom stereocenters. The lowest BCUT2D eigenvalue weighted by Gasteiger charge is -2.29. The first kappa shape index (κ1) is 26.1. The first-order valence-electron chi connectivity index (χ1n) is 11.0. The number of alkyl carbamates (subject to hydrolysis) is 1. The molecule has 10 heteroatoms. The number of hydrogen-bond donors (Lipinski definition) is 3. The zero-order chi connectivity index (χ0) is 26.0. The molecule has 2 aromatic carbocycles. The molecule has 7 nitrogen and oxygen atoms in total. The Kier molecular flexibility index (Phi) is 7.42. The standard InChI is InChI=1S/C25H27F3N2O5/c1-24(2,3)21(22(32)33)30-20(31)12-19(25(26,27)28)29-23(34)35-13-18-16-10-6-4-8-14(16)15-9-5-7-11-17(15)18/h4-11,18-19,21H,12-13H2,1-3H3,(H,29,34)(H,30,31)(H,32,33)/t19?,21-/m1/s1. The Morgan fingerprint density at radius 3 is 1.91 bits per heavy atom. The van der Waals surface area contributed by atoms with Crippen LogP contribution < -0.4 is 10.6 Å². The van der Waals surface area contributed by atoms with Crippen molar-refractivity contribution in [1.29, 1.82) is 0 Å². The van der Waals surface area contributed by atoms with Crippen LogP contribution >= 0.6 is 0 Å². The second-order valence-corrected chi connectivity index (χ2v) is 9.47. The van der Waals surface area contributed by atoms with Gasteiger partial charge >= 0.3 is 18.2 Å². The van der Waals surface area contributed by atoms with Gasteiger partial charge in [0.1, 0.15) is 18.7 Å². The van der Waals surface area contributed by atoms with Crippen LogP contribution in [-0.2, 0) is 14.3 Å². The van der Waals surface area contributed by atoms with Gasteiger partial charge in [-0.05, 0) is 27.7 Å². The van der Waals surface area contributed by atoms with Crippen molar-refractivity contribution in [2.24, 2.45) is 5.41 Å². The van der Waals surface area contributed by atoms with Crippen LogP contribution in [-0.4, -0.2) is 47.9 Å². The van der Waals surface area contributed by atoms with Crippen molar-refractivity contribution >= 4 is 18.0 Å². The summed E-state index contributed by atoms with van der Waals surface area (Å²) in [6.45, 7) is 4.40. The zero-order valence-electron chi connectivity index (χ0n) is 19.5. The van der Waals surface area contributed by atoms with Crippen molar-refractivity contribution in [1.82, 2.24) is 10.6 Å². The molecule has 2 amide bonds. The van der Waals surface area contributed by atoms with Gasteiger partial charge in [-0.2, -0.15) is 13.2 Å². The molecule has 0 radical (unpaired) electrons. The minimum absolute atomic E-state index is 0.193. The lowest BCUT2D eigenvalue weighted by molar-refractivity contribution is -0.161. The fourth-order valence-corrected chi connectivity index (χ4v) is 4.08. The number of rotatable bonds is 7. The normalized spacial score (nSPS) is 14.9. The van der Waals surface area contributed by atoms with E-state index in [9.17, 15) is 32.7 Å². The van der Waals surface area contributed by atoms with E-state index in [0.29, 0.717) is 0 Å². The van der Waals surface area contributed by atoms with Crippen molar-refractivity contribution in [3.05, 3.63) is 59.7 Å². The predicted molar refractivity (Wildman–Crippen MR) is 122 cm³/mol. The fraction of sp³-hybridized carbons (Fsp3) is 0.400. The molecule has 0 spiro atoms. The zero-order valence-corrected chi connectivity index (χ0v) is 19.5. The summed E-state index contributed by atoms with van der Waals surface area (Å²) < 4.78 is 45.8. The van der Waals surface area contributed by atoms with Crippen molar-refractivity contribution in [2.75, 3.05) is 6.61 Å². The molecule has 0 heterocycles. The van der Waals surface area contributed by atoms with Crippen molar-refractivity contribution in [3.8, 4) is 11.1 Å². The predicted octanol–water partition coefficient (Wildman–Crippen LogP) is 4.46. The van der Waals surface area contributed by atoms with Gasteiger partial charge in [-0.1, -0.05) is 69.3 Å². The molecule has 0 saturated carbocycles. The molecule has 0 aromatic heterocycles. The second-order valence-electron chi connectivity index (χ2n) is 9.47. The third kappa shape index (κ3) is 6.12. The van der Waals surface area contributed by atoms with Crippen LogP contribution in [0.3, 0.4) is 0 Å². The third-order valence-corrected chi connectivity index (χ3v) is 5.84. The van der Waals surface area contributed by atoms with Crippen LogP contribution in [0.25, 0.3) is 11.1 Å². The van der Waals surface area contributed by atoms with E-state index >= 15 is 0 Å². The largest absolute Gasteiger partial charge is 0.480 e. The minimum Gasteiger partial charge on any atom is -0.480 e. The van der Waals surface area contributed by atoms with Crippen LogP contribution in [0.2, 0.25) is 0 Å². The molecule has 188 valence electrons. The van der Waals surface area contributed by atoms with Crippen molar-refractivity contribution in [3.63, 3.8) is 0 Å². The maximum atomic E-state index is 13.5. The summed E-state index contributed by atoms with van der Waals surface area (Å²) in [5.41, 5.74) is 2.79. The first-order valence-corrected chi connectivity index (χ1v) is 11.0. The average Bonchev–Trinajstić information content (AvgIpc) is 3.08. The molecule has 1 aliphatic rings. The number of carbonyl (C=O) groups excluding carboxylic acids is 2. The summed E-state index contributed by atoms with van der Waals surface area (Å²) in [6, 6.07) is 11.1. The number of alkyl halides is 3. The lowest BCUT2D eigenvalue weighted by Crippen LogP contribution is -2.53. The number of carbonyl (C=O) groups is 3. The third-order valence-electron chi connectivity index (χ3n) is 5.84. The quantitative estimate of drug-likeness (QED) is 0.529. The maximum absolute atomic E-state index is 13.5. The van der Waals surface area contributed by atoms with Gasteiger partial charge in [-0.15, -0.1) is 0 Å². The van der Waals surface area contributed by atoms with Gasteiger partial charge in [0.15, 0.2) is 0 Å². The summed E-state index contributed by atoms with van der Waals surface area (Å²) in [6.07, 6.45) is -7.47. The van der Waals surface area contributed by atoms with E-state index in [1.54, 1.807) is 5.32 Å². The smallest absolute Gasteiger partial charge is 0.409 e. The number of hydrogen-bond acceptors (Lipinski definition) is 4. The van der Waals surface area contributed by atoms with E-state index in [-0.39, 0.29) is 12.5 Å². The van der Waals surface area contributed by atoms with Crippen LogP contribution in [0.4, 0.5) is 18.0 Å². The minimum atomic E-state index is -4.95. The van der Waals surface area contributed by atoms with Crippen LogP contribution in [0, 0.1) is 5.41 Å². The van der Waals surface area contributed by atoms with Gasteiger partial charge in [-0.3, -0.25) is 4.79 Å². The molecule has 3 N–H and O–H groups in total.